The summed E-state index contributed by atoms with van der Waals surface area (Å²) in [7, 11) is 0. The van der Waals surface area contributed by atoms with Crippen molar-refractivity contribution < 1.29 is 9.72 Å². The third kappa shape index (κ3) is 3.32. The summed E-state index contributed by atoms with van der Waals surface area (Å²) in [5.41, 5.74) is 1.10. The summed E-state index contributed by atoms with van der Waals surface area (Å²) >= 11 is 3.34. The zero-order valence-corrected chi connectivity index (χ0v) is 12.2. The number of halogens is 1. The van der Waals surface area contributed by atoms with Gasteiger partial charge in [0.05, 0.1) is 4.92 Å². The number of hydrogen-bond donors (Lipinski definition) is 0. The molecule has 1 aromatic rings. The fraction of sp³-hybridized carbons (Fsp3) is 0.462. The number of nitro groups is 1. The largest absolute Gasteiger partial charge is 0.335 e. The Balaban J connectivity index is 2.28. The Morgan fingerprint density at radius 1 is 1.47 bits per heavy atom. The average molecular weight is 327 g/mol. The van der Waals surface area contributed by atoms with Crippen molar-refractivity contribution >= 4 is 27.5 Å². The zero-order valence-electron chi connectivity index (χ0n) is 10.6. The van der Waals surface area contributed by atoms with Crippen LogP contribution in [0.4, 0.5) is 5.69 Å². The molecule has 0 radical (unpaired) electrons. The minimum absolute atomic E-state index is 0.0297. The molecule has 6 heteroatoms. The molecule has 0 saturated heterocycles. The number of nitrogens with zero attached hydrogens (tertiary/aromatic N) is 2. The number of nitro benzene ring substituents is 1. The third-order valence-electron chi connectivity index (χ3n) is 3.09. The van der Waals surface area contributed by atoms with Crippen molar-refractivity contribution in [3.8, 4) is 0 Å². The first-order chi connectivity index (χ1) is 9.02. The highest BCUT2D eigenvalue weighted by molar-refractivity contribution is 9.09. The lowest BCUT2D eigenvalue weighted by atomic mass is 10.1. The van der Waals surface area contributed by atoms with Crippen LogP contribution in [0, 0.1) is 17.0 Å². The molecule has 0 bridgehead atoms. The van der Waals surface area contributed by atoms with Gasteiger partial charge in [0.2, 0.25) is 0 Å². The zero-order chi connectivity index (χ0) is 14.0. The van der Waals surface area contributed by atoms with Crippen LogP contribution >= 0.6 is 15.9 Å². The van der Waals surface area contributed by atoms with Gasteiger partial charge in [-0.1, -0.05) is 15.9 Å². The summed E-state index contributed by atoms with van der Waals surface area (Å²) in [6.45, 7) is 2.39. The maximum atomic E-state index is 12.4. The molecule has 0 heterocycles. The number of carbonyl (C=O) groups excluding carboxylic acids is 1. The van der Waals surface area contributed by atoms with E-state index in [4.69, 9.17) is 0 Å². The summed E-state index contributed by atoms with van der Waals surface area (Å²) in [4.78, 5) is 24.6. The van der Waals surface area contributed by atoms with E-state index in [1.807, 2.05) is 0 Å². The Hall–Kier alpha value is -1.43. The highest BCUT2D eigenvalue weighted by Crippen LogP contribution is 2.29. The molecular weight excluding hydrogens is 312 g/mol. The molecule has 1 aromatic carbocycles. The lowest BCUT2D eigenvalue weighted by Gasteiger charge is -2.21. The molecule has 1 aliphatic rings. The first kappa shape index (κ1) is 14.0. The summed E-state index contributed by atoms with van der Waals surface area (Å²) in [5.74, 6) is -0.117. The van der Waals surface area contributed by atoms with Crippen LogP contribution in [0.15, 0.2) is 18.2 Å². The Morgan fingerprint density at radius 2 is 2.16 bits per heavy atom. The fourth-order valence-corrected chi connectivity index (χ4v) is 2.47. The Morgan fingerprint density at radius 3 is 2.68 bits per heavy atom. The van der Waals surface area contributed by atoms with Crippen LogP contribution in [0.3, 0.4) is 0 Å². The number of amides is 1. The molecule has 1 amide bonds. The minimum Gasteiger partial charge on any atom is -0.335 e. The van der Waals surface area contributed by atoms with Crippen LogP contribution in [0.25, 0.3) is 0 Å². The molecule has 0 unspecified atom stereocenters. The predicted octanol–water partition coefficient (Wildman–Crippen LogP) is 2.90. The Labute approximate surface area is 119 Å². The fourth-order valence-electron chi connectivity index (χ4n) is 2.08. The second-order valence-electron chi connectivity index (χ2n) is 4.73. The molecule has 1 aliphatic carbocycles. The van der Waals surface area contributed by atoms with Crippen molar-refractivity contribution in [1.29, 1.82) is 0 Å². The van der Waals surface area contributed by atoms with Crippen LogP contribution in [-0.2, 0) is 0 Å². The molecule has 19 heavy (non-hydrogen) atoms. The normalized spacial score (nSPS) is 14.2. The predicted molar refractivity (Wildman–Crippen MR) is 75.7 cm³/mol. The molecule has 0 aliphatic heterocycles. The van der Waals surface area contributed by atoms with Gasteiger partial charge in [0.1, 0.15) is 0 Å². The summed E-state index contributed by atoms with van der Waals surface area (Å²) < 4.78 is 0. The number of non-ortho nitro benzene ring substituents is 1. The number of aryl methyl sites for hydroxylation is 1. The van der Waals surface area contributed by atoms with Crippen LogP contribution in [0.1, 0.15) is 28.8 Å². The van der Waals surface area contributed by atoms with Gasteiger partial charge in [-0.15, -0.1) is 0 Å². The molecule has 0 spiro atoms. The monoisotopic (exact) mass is 326 g/mol. The van der Waals surface area contributed by atoms with E-state index in [-0.39, 0.29) is 11.6 Å². The van der Waals surface area contributed by atoms with E-state index < -0.39 is 4.92 Å². The van der Waals surface area contributed by atoms with Crippen molar-refractivity contribution in [1.82, 2.24) is 4.90 Å². The van der Waals surface area contributed by atoms with Gasteiger partial charge in [0.15, 0.2) is 0 Å². The second-order valence-corrected chi connectivity index (χ2v) is 5.53. The van der Waals surface area contributed by atoms with Gasteiger partial charge in [-0.2, -0.15) is 0 Å². The SMILES string of the molecule is Cc1cc(C(=O)N(CCBr)C2CC2)cc([N+](=O)[O-])c1. The minimum atomic E-state index is -0.463. The quantitative estimate of drug-likeness (QED) is 0.474. The summed E-state index contributed by atoms with van der Waals surface area (Å²) in [6.07, 6.45) is 2.04. The van der Waals surface area contributed by atoms with Gasteiger partial charge in [-0.25, -0.2) is 0 Å². The van der Waals surface area contributed by atoms with E-state index in [2.05, 4.69) is 15.9 Å². The summed E-state index contributed by atoms with van der Waals surface area (Å²) in [6, 6.07) is 4.84. The number of benzene rings is 1. The topological polar surface area (TPSA) is 63.5 Å². The molecule has 102 valence electrons. The van der Waals surface area contributed by atoms with Crippen LogP contribution in [0.5, 0.6) is 0 Å². The number of hydrogen-bond acceptors (Lipinski definition) is 3. The van der Waals surface area contributed by atoms with Crippen molar-refractivity contribution in [3.05, 3.63) is 39.4 Å². The van der Waals surface area contributed by atoms with Gasteiger partial charge in [-0.05, 0) is 31.4 Å². The standard InChI is InChI=1S/C13H15BrN2O3/c1-9-6-10(8-12(7-9)16(18)19)13(17)15(5-4-14)11-2-3-11/h6-8,11H,2-5H2,1H3. The third-order valence-corrected chi connectivity index (χ3v) is 3.45. The van der Waals surface area contributed by atoms with Gasteiger partial charge >= 0.3 is 0 Å². The lowest BCUT2D eigenvalue weighted by Crippen LogP contribution is -2.34. The molecule has 0 N–H and O–H groups in total. The molecule has 1 fully saturated rings. The maximum Gasteiger partial charge on any atom is 0.270 e. The van der Waals surface area contributed by atoms with Crippen molar-refractivity contribution in [3.63, 3.8) is 0 Å². The molecule has 5 nitrogen and oxygen atoms in total. The highest BCUT2D eigenvalue weighted by atomic mass is 79.9. The van der Waals surface area contributed by atoms with Crippen LogP contribution < -0.4 is 0 Å². The number of alkyl halides is 1. The first-order valence-electron chi connectivity index (χ1n) is 6.16. The van der Waals surface area contributed by atoms with Crippen molar-refractivity contribution in [2.75, 3.05) is 11.9 Å². The van der Waals surface area contributed by atoms with E-state index in [9.17, 15) is 14.9 Å². The van der Waals surface area contributed by atoms with Crippen molar-refractivity contribution in [2.24, 2.45) is 0 Å². The maximum absolute atomic E-state index is 12.4. The lowest BCUT2D eigenvalue weighted by molar-refractivity contribution is -0.384. The number of carbonyl (C=O) groups is 1. The average Bonchev–Trinajstić information content (AvgIpc) is 3.18. The summed E-state index contributed by atoms with van der Waals surface area (Å²) in [5, 5.41) is 11.6. The van der Waals surface area contributed by atoms with Crippen LogP contribution in [-0.4, -0.2) is 33.6 Å². The van der Waals surface area contributed by atoms with Gasteiger partial charge < -0.3 is 4.90 Å². The molecule has 2 rings (SSSR count). The van der Waals surface area contributed by atoms with Gasteiger partial charge in [-0.3, -0.25) is 14.9 Å². The second kappa shape index (κ2) is 5.69. The molecule has 1 saturated carbocycles. The van der Waals surface area contributed by atoms with E-state index >= 15 is 0 Å². The first-order valence-corrected chi connectivity index (χ1v) is 7.28. The van der Waals surface area contributed by atoms with Crippen LogP contribution in [0.2, 0.25) is 0 Å². The van der Waals surface area contributed by atoms with E-state index in [0.717, 1.165) is 18.4 Å². The molecule has 0 aromatic heterocycles. The Bertz CT molecular complexity index is 515. The molecular formula is C13H15BrN2O3. The Kier molecular flexibility index (Phi) is 4.19. The van der Waals surface area contributed by atoms with E-state index in [0.29, 0.717) is 23.5 Å². The highest BCUT2D eigenvalue weighted by Gasteiger charge is 2.33. The van der Waals surface area contributed by atoms with Gasteiger partial charge in [0.25, 0.3) is 11.6 Å². The molecule has 0 atom stereocenters. The number of rotatable bonds is 5. The van der Waals surface area contributed by atoms with E-state index in [1.54, 1.807) is 17.9 Å². The van der Waals surface area contributed by atoms with Gasteiger partial charge in [0, 0.05) is 35.6 Å². The van der Waals surface area contributed by atoms with E-state index in [1.165, 1.54) is 12.1 Å². The van der Waals surface area contributed by atoms with Crippen molar-refractivity contribution in [2.45, 2.75) is 25.8 Å². The smallest absolute Gasteiger partial charge is 0.270 e.